The van der Waals surface area contributed by atoms with Gasteiger partial charge in [0, 0.05) is 12.8 Å². The molecule has 1 unspecified atom stereocenters. The van der Waals surface area contributed by atoms with Crippen LogP contribution in [0.5, 0.6) is 11.6 Å². The Balaban J connectivity index is 1.59. The Hall–Kier alpha value is -3.08. The third-order valence-electron chi connectivity index (χ3n) is 5.65. The van der Waals surface area contributed by atoms with E-state index in [9.17, 15) is 14.0 Å². The average molecular weight is 498 g/mol. The van der Waals surface area contributed by atoms with Crippen LogP contribution in [0.1, 0.15) is 24.0 Å². The van der Waals surface area contributed by atoms with Crippen LogP contribution in [0, 0.1) is 12.7 Å². The van der Waals surface area contributed by atoms with Crippen molar-refractivity contribution in [3.63, 3.8) is 0 Å². The van der Waals surface area contributed by atoms with E-state index in [-0.39, 0.29) is 34.1 Å². The number of aromatic nitrogens is 2. The number of benzene rings is 1. The second-order valence-electron chi connectivity index (χ2n) is 7.98. The van der Waals surface area contributed by atoms with Crippen LogP contribution in [0.25, 0.3) is 11.7 Å². The quantitative estimate of drug-likeness (QED) is 0.384. The lowest BCUT2D eigenvalue weighted by molar-refractivity contribution is -0.123. The normalized spacial score (nSPS) is 19.5. The Morgan fingerprint density at radius 2 is 2.12 bits per heavy atom. The summed E-state index contributed by atoms with van der Waals surface area (Å²) in [5.41, 5.74) is 0.711. The van der Waals surface area contributed by atoms with Gasteiger partial charge >= 0.3 is 0 Å². The minimum atomic E-state index is -0.594. The highest BCUT2D eigenvalue weighted by atomic mass is 32.2. The van der Waals surface area contributed by atoms with Crippen LogP contribution in [0.3, 0.4) is 0 Å². The molecule has 1 atom stereocenters. The number of amides is 1. The molecule has 2 saturated heterocycles. The maximum Gasteiger partial charge on any atom is 0.269 e. The molecule has 2 fully saturated rings. The van der Waals surface area contributed by atoms with E-state index >= 15 is 0 Å². The number of nitrogens with zero attached hydrogens (tertiary/aromatic N) is 3. The van der Waals surface area contributed by atoms with Crippen molar-refractivity contribution in [1.82, 2.24) is 14.3 Å². The lowest BCUT2D eigenvalue weighted by Gasteiger charge is -2.18. The largest absolute Gasteiger partial charge is 0.435 e. The number of fused-ring (bicyclic) bond motifs is 1. The third kappa shape index (κ3) is 4.24. The van der Waals surface area contributed by atoms with Gasteiger partial charge in [-0.05, 0) is 49.6 Å². The van der Waals surface area contributed by atoms with Crippen LogP contribution in [-0.4, -0.2) is 43.8 Å². The summed E-state index contributed by atoms with van der Waals surface area (Å²) < 4.78 is 27.5. The summed E-state index contributed by atoms with van der Waals surface area (Å²) in [5, 5.41) is 0. The van der Waals surface area contributed by atoms with E-state index in [0.717, 1.165) is 30.2 Å². The summed E-state index contributed by atoms with van der Waals surface area (Å²) in [5.74, 6) is -1.07. The van der Waals surface area contributed by atoms with E-state index in [2.05, 4.69) is 4.98 Å². The number of aryl methyl sites for hydroxylation is 1. The first-order valence-electron chi connectivity index (χ1n) is 10.7. The third-order valence-corrected chi connectivity index (χ3v) is 7.03. The number of rotatable bonds is 5. The zero-order chi connectivity index (χ0) is 23.8. The maximum atomic E-state index is 14.3. The molecular weight excluding hydrogens is 477 g/mol. The second kappa shape index (κ2) is 9.28. The van der Waals surface area contributed by atoms with Gasteiger partial charge in [0.1, 0.15) is 15.5 Å². The Morgan fingerprint density at radius 1 is 1.29 bits per heavy atom. The minimum absolute atomic E-state index is 0.0315. The second-order valence-corrected chi connectivity index (χ2v) is 9.66. The zero-order valence-corrected chi connectivity index (χ0v) is 19.8. The molecule has 34 heavy (non-hydrogen) atoms. The van der Waals surface area contributed by atoms with Gasteiger partial charge in [0.2, 0.25) is 5.88 Å². The molecule has 5 rings (SSSR count). The Labute approximate surface area is 204 Å². The predicted octanol–water partition coefficient (Wildman–Crippen LogP) is 4.31. The molecule has 2 aliphatic heterocycles. The summed E-state index contributed by atoms with van der Waals surface area (Å²) in [7, 11) is 0. The van der Waals surface area contributed by atoms with E-state index in [4.69, 9.17) is 21.7 Å². The molecule has 3 aromatic rings. The molecule has 0 spiro atoms. The molecule has 0 aliphatic carbocycles. The maximum absolute atomic E-state index is 14.3. The smallest absolute Gasteiger partial charge is 0.269 e. The number of hydrogen-bond acceptors (Lipinski definition) is 7. The van der Waals surface area contributed by atoms with E-state index in [1.807, 2.05) is 13.0 Å². The van der Waals surface area contributed by atoms with Crippen LogP contribution in [0.4, 0.5) is 4.39 Å². The standard InChI is InChI=1S/C24H20FN3O4S2/c1-14-6-4-10-27-20(14)26-21(32-18-9-3-2-8-17(18)25)16(22(27)29)12-19-23(30)28(24(33)34-19)13-15-7-5-11-31-15/h2-4,6,8-10,12,15H,5,7,11,13H2,1H3/b19-12+. The summed E-state index contributed by atoms with van der Waals surface area (Å²) in [4.78, 5) is 32.8. The molecule has 1 aromatic carbocycles. The number of para-hydroxylation sites is 1. The molecular formula is C24H20FN3O4S2. The van der Waals surface area contributed by atoms with Crippen molar-refractivity contribution in [3.05, 3.63) is 74.8 Å². The number of halogens is 1. The first kappa shape index (κ1) is 22.7. The van der Waals surface area contributed by atoms with Crippen molar-refractivity contribution < 1.29 is 18.7 Å². The molecule has 0 saturated carbocycles. The van der Waals surface area contributed by atoms with Crippen molar-refractivity contribution >= 4 is 45.9 Å². The number of pyridine rings is 1. The van der Waals surface area contributed by atoms with Gasteiger partial charge in [-0.2, -0.15) is 4.98 Å². The predicted molar refractivity (Wildman–Crippen MR) is 132 cm³/mol. The molecule has 2 aromatic heterocycles. The number of thioether (sulfide) groups is 1. The summed E-state index contributed by atoms with van der Waals surface area (Å²) >= 11 is 6.52. The van der Waals surface area contributed by atoms with Gasteiger partial charge in [0.15, 0.2) is 11.6 Å². The SMILES string of the molecule is Cc1cccn2c(=O)c(/C=C3/SC(=S)N(CC4CCCO4)C3=O)c(Oc3ccccc3F)nc12. The number of hydrogen-bond donors (Lipinski definition) is 0. The minimum Gasteiger partial charge on any atom is -0.435 e. The molecule has 0 N–H and O–H groups in total. The molecule has 2 aliphatic rings. The topological polar surface area (TPSA) is 73.1 Å². The fourth-order valence-corrected chi connectivity index (χ4v) is 5.16. The van der Waals surface area contributed by atoms with Crippen LogP contribution < -0.4 is 10.3 Å². The number of ether oxygens (including phenoxy) is 2. The highest BCUT2D eigenvalue weighted by molar-refractivity contribution is 8.26. The van der Waals surface area contributed by atoms with Crippen LogP contribution in [0.15, 0.2) is 52.3 Å². The van der Waals surface area contributed by atoms with Crippen LogP contribution in [0.2, 0.25) is 0 Å². The molecule has 0 radical (unpaired) electrons. The fraction of sp³-hybridized carbons (Fsp3) is 0.250. The van der Waals surface area contributed by atoms with E-state index in [1.54, 1.807) is 18.3 Å². The van der Waals surface area contributed by atoms with Crippen LogP contribution in [-0.2, 0) is 9.53 Å². The molecule has 10 heteroatoms. The van der Waals surface area contributed by atoms with Crippen molar-refractivity contribution in [1.29, 1.82) is 0 Å². The summed E-state index contributed by atoms with van der Waals surface area (Å²) in [6.07, 6.45) is 4.77. The molecule has 7 nitrogen and oxygen atoms in total. The van der Waals surface area contributed by atoms with Gasteiger partial charge in [0.05, 0.1) is 17.6 Å². The summed E-state index contributed by atoms with van der Waals surface area (Å²) in [6.45, 7) is 2.85. The Kier molecular flexibility index (Phi) is 6.20. The first-order valence-corrected chi connectivity index (χ1v) is 12.0. The molecule has 0 bridgehead atoms. The number of carbonyl (C=O) groups excluding carboxylic acids is 1. The van der Waals surface area contributed by atoms with E-state index < -0.39 is 11.4 Å². The van der Waals surface area contributed by atoms with Crippen molar-refractivity contribution in [3.8, 4) is 11.6 Å². The van der Waals surface area contributed by atoms with E-state index in [0.29, 0.717) is 23.1 Å². The highest BCUT2D eigenvalue weighted by Crippen LogP contribution is 2.35. The van der Waals surface area contributed by atoms with Gasteiger partial charge in [-0.15, -0.1) is 0 Å². The van der Waals surface area contributed by atoms with Crippen molar-refractivity contribution in [2.45, 2.75) is 25.9 Å². The fourth-order valence-electron chi connectivity index (χ4n) is 3.91. The number of thiocarbonyl (C=S) groups is 1. The van der Waals surface area contributed by atoms with Gasteiger partial charge in [-0.3, -0.25) is 18.9 Å². The molecule has 1 amide bonds. The Morgan fingerprint density at radius 3 is 2.88 bits per heavy atom. The monoisotopic (exact) mass is 497 g/mol. The van der Waals surface area contributed by atoms with Gasteiger partial charge in [-0.1, -0.05) is 42.2 Å². The van der Waals surface area contributed by atoms with Crippen molar-refractivity contribution in [2.75, 3.05) is 13.2 Å². The van der Waals surface area contributed by atoms with E-state index in [1.165, 1.54) is 33.6 Å². The Bertz CT molecular complexity index is 1400. The van der Waals surface area contributed by atoms with Crippen LogP contribution >= 0.6 is 24.0 Å². The van der Waals surface area contributed by atoms with Gasteiger partial charge < -0.3 is 9.47 Å². The van der Waals surface area contributed by atoms with Crippen molar-refractivity contribution in [2.24, 2.45) is 0 Å². The van der Waals surface area contributed by atoms with Gasteiger partial charge in [0.25, 0.3) is 11.5 Å². The first-order chi connectivity index (χ1) is 16.4. The zero-order valence-electron chi connectivity index (χ0n) is 18.2. The lowest BCUT2D eigenvalue weighted by Crippen LogP contribution is -2.35. The molecule has 4 heterocycles. The highest BCUT2D eigenvalue weighted by Gasteiger charge is 2.35. The lowest BCUT2D eigenvalue weighted by atomic mass is 10.2. The molecule has 174 valence electrons. The van der Waals surface area contributed by atoms with Gasteiger partial charge in [-0.25, -0.2) is 4.39 Å². The summed E-state index contributed by atoms with van der Waals surface area (Å²) in [6, 6.07) is 9.40. The number of carbonyl (C=O) groups is 1. The average Bonchev–Trinajstić information content (AvgIpc) is 3.42.